The molecule has 0 atom stereocenters. The molecule has 0 aromatic carbocycles. The second-order valence-corrected chi connectivity index (χ2v) is 3.74. The molecule has 0 aliphatic heterocycles. The molecule has 16 heavy (non-hydrogen) atoms. The third-order valence-electron chi connectivity index (χ3n) is 2.91. The van der Waals surface area contributed by atoms with E-state index in [4.69, 9.17) is 0 Å². The van der Waals surface area contributed by atoms with Gasteiger partial charge in [-0.05, 0) is 26.8 Å². The maximum absolute atomic E-state index is 11.9. The molecule has 0 unspecified atom stereocenters. The Bertz CT molecular complexity index is 445. The van der Waals surface area contributed by atoms with Gasteiger partial charge in [0.05, 0.1) is 5.69 Å². The van der Waals surface area contributed by atoms with Crippen molar-refractivity contribution in [2.75, 3.05) is 18.0 Å². The molecule has 1 aromatic heterocycles. The molecule has 0 aliphatic carbocycles. The summed E-state index contributed by atoms with van der Waals surface area (Å²) in [5.74, 6) is 0. The lowest BCUT2D eigenvalue weighted by atomic mass is 10.2. The quantitative estimate of drug-likeness (QED) is 0.722. The summed E-state index contributed by atoms with van der Waals surface area (Å²) in [4.78, 5) is 24.9. The van der Waals surface area contributed by atoms with Crippen molar-refractivity contribution in [1.82, 2.24) is 4.57 Å². The lowest BCUT2D eigenvalue weighted by Gasteiger charge is -2.23. The van der Waals surface area contributed by atoms with Gasteiger partial charge >= 0.3 is 0 Å². The van der Waals surface area contributed by atoms with E-state index in [1.807, 2.05) is 31.7 Å². The van der Waals surface area contributed by atoms with E-state index in [1.54, 1.807) is 7.05 Å². The van der Waals surface area contributed by atoms with E-state index < -0.39 is 0 Å². The van der Waals surface area contributed by atoms with Gasteiger partial charge in [-0.15, -0.1) is 0 Å². The van der Waals surface area contributed by atoms with Crippen LogP contribution in [0, 0.1) is 6.92 Å². The Labute approximate surface area is 95.5 Å². The van der Waals surface area contributed by atoms with Crippen LogP contribution in [0.5, 0.6) is 0 Å². The van der Waals surface area contributed by atoms with Gasteiger partial charge in [-0.2, -0.15) is 0 Å². The Kier molecular flexibility index (Phi) is 3.88. The Morgan fingerprint density at radius 1 is 1.38 bits per heavy atom. The van der Waals surface area contributed by atoms with E-state index in [2.05, 4.69) is 0 Å². The van der Waals surface area contributed by atoms with E-state index in [0.29, 0.717) is 6.29 Å². The maximum Gasteiger partial charge on any atom is 0.263 e. The average molecular weight is 222 g/mol. The molecule has 0 amide bonds. The van der Waals surface area contributed by atoms with Gasteiger partial charge < -0.3 is 9.47 Å². The number of hydrogen-bond acceptors (Lipinski definition) is 3. The molecule has 88 valence electrons. The van der Waals surface area contributed by atoms with Gasteiger partial charge in [0.15, 0.2) is 6.29 Å². The highest BCUT2D eigenvalue weighted by molar-refractivity contribution is 5.84. The van der Waals surface area contributed by atoms with Crippen LogP contribution in [0.2, 0.25) is 0 Å². The van der Waals surface area contributed by atoms with Crippen molar-refractivity contribution in [3.8, 4) is 0 Å². The van der Waals surface area contributed by atoms with E-state index >= 15 is 0 Å². The monoisotopic (exact) mass is 222 g/mol. The molecule has 4 nitrogen and oxygen atoms in total. The zero-order valence-electron chi connectivity index (χ0n) is 10.3. The summed E-state index contributed by atoms with van der Waals surface area (Å²) in [6.07, 6.45) is 0.648. The van der Waals surface area contributed by atoms with Crippen LogP contribution in [-0.4, -0.2) is 23.9 Å². The van der Waals surface area contributed by atoms with E-state index in [0.717, 1.165) is 24.5 Å². The molecule has 4 heteroatoms. The van der Waals surface area contributed by atoms with Gasteiger partial charge in [-0.25, -0.2) is 0 Å². The maximum atomic E-state index is 11.9. The van der Waals surface area contributed by atoms with Crippen LogP contribution < -0.4 is 10.5 Å². The molecule has 0 saturated heterocycles. The highest BCUT2D eigenvalue weighted by atomic mass is 16.1. The first kappa shape index (κ1) is 12.5. The summed E-state index contributed by atoms with van der Waals surface area (Å²) in [6, 6.07) is 1.89. The summed E-state index contributed by atoms with van der Waals surface area (Å²) in [5.41, 5.74) is 1.62. The number of rotatable bonds is 4. The largest absolute Gasteiger partial charge is 0.371 e. The third-order valence-corrected chi connectivity index (χ3v) is 2.91. The number of aldehydes is 1. The van der Waals surface area contributed by atoms with Crippen LogP contribution in [0.4, 0.5) is 5.69 Å². The first-order valence-electron chi connectivity index (χ1n) is 5.47. The molecule has 0 spiro atoms. The average Bonchev–Trinajstić information content (AvgIpc) is 2.28. The van der Waals surface area contributed by atoms with Gasteiger partial charge in [0.25, 0.3) is 5.56 Å². The molecule has 0 fully saturated rings. The third kappa shape index (κ3) is 2.01. The molecule has 1 heterocycles. The number of pyridine rings is 1. The Morgan fingerprint density at radius 2 is 1.94 bits per heavy atom. The Hall–Kier alpha value is -1.58. The predicted molar refractivity (Wildman–Crippen MR) is 65.4 cm³/mol. The number of aromatic nitrogens is 1. The van der Waals surface area contributed by atoms with Crippen LogP contribution >= 0.6 is 0 Å². The fraction of sp³-hybridized carbons (Fsp3) is 0.500. The number of nitrogens with zero attached hydrogens (tertiary/aromatic N) is 2. The minimum absolute atomic E-state index is 0.225. The molecule has 0 N–H and O–H groups in total. The Balaban J connectivity index is 3.50. The van der Waals surface area contributed by atoms with Crippen molar-refractivity contribution in [2.45, 2.75) is 20.8 Å². The normalized spacial score (nSPS) is 10.2. The number of carbonyl (C=O) groups excluding carboxylic acids is 1. The summed E-state index contributed by atoms with van der Waals surface area (Å²) in [5, 5.41) is 0. The number of hydrogen-bond donors (Lipinski definition) is 0. The predicted octanol–water partition coefficient (Wildman–Crippen LogP) is 1.35. The molecular weight excluding hydrogens is 204 g/mol. The second-order valence-electron chi connectivity index (χ2n) is 3.74. The van der Waals surface area contributed by atoms with Crippen molar-refractivity contribution in [3.63, 3.8) is 0 Å². The van der Waals surface area contributed by atoms with Gasteiger partial charge in [0.1, 0.15) is 5.56 Å². The van der Waals surface area contributed by atoms with Gasteiger partial charge in [0, 0.05) is 25.8 Å². The van der Waals surface area contributed by atoms with Crippen LogP contribution in [0.3, 0.4) is 0 Å². The molecular formula is C12H18N2O2. The fourth-order valence-corrected chi connectivity index (χ4v) is 1.76. The van der Waals surface area contributed by atoms with Crippen LogP contribution in [0.15, 0.2) is 10.9 Å². The highest BCUT2D eigenvalue weighted by Gasteiger charge is 2.14. The van der Waals surface area contributed by atoms with Gasteiger partial charge in [-0.3, -0.25) is 9.59 Å². The summed E-state index contributed by atoms with van der Waals surface area (Å²) in [7, 11) is 1.68. The number of anilines is 1. The van der Waals surface area contributed by atoms with Crippen molar-refractivity contribution < 1.29 is 4.79 Å². The zero-order valence-corrected chi connectivity index (χ0v) is 10.3. The molecule has 1 rings (SSSR count). The summed E-state index contributed by atoms with van der Waals surface area (Å²) >= 11 is 0. The molecule has 0 radical (unpaired) electrons. The van der Waals surface area contributed by atoms with Crippen molar-refractivity contribution in [3.05, 3.63) is 27.7 Å². The second kappa shape index (κ2) is 4.96. The van der Waals surface area contributed by atoms with Crippen molar-refractivity contribution in [1.29, 1.82) is 0 Å². The first-order valence-corrected chi connectivity index (χ1v) is 5.47. The first-order chi connectivity index (χ1) is 7.56. The lowest BCUT2D eigenvalue weighted by Crippen LogP contribution is -2.30. The molecule has 0 aliphatic rings. The topological polar surface area (TPSA) is 42.3 Å². The van der Waals surface area contributed by atoms with E-state index in [1.165, 1.54) is 4.57 Å². The minimum atomic E-state index is -0.225. The molecule has 1 aromatic rings. The number of aryl methyl sites for hydroxylation is 1. The van der Waals surface area contributed by atoms with E-state index in [-0.39, 0.29) is 11.1 Å². The zero-order chi connectivity index (χ0) is 12.3. The smallest absolute Gasteiger partial charge is 0.263 e. The highest BCUT2D eigenvalue weighted by Crippen LogP contribution is 2.17. The van der Waals surface area contributed by atoms with Crippen LogP contribution in [0.1, 0.15) is 29.9 Å². The van der Waals surface area contributed by atoms with Crippen LogP contribution in [0.25, 0.3) is 0 Å². The Morgan fingerprint density at radius 3 is 2.38 bits per heavy atom. The van der Waals surface area contributed by atoms with Gasteiger partial charge in [-0.1, -0.05) is 0 Å². The van der Waals surface area contributed by atoms with Crippen molar-refractivity contribution in [2.24, 2.45) is 7.05 Å². The summed E-state index contributed by atoms with van der Waals surface area (Å²) in [6.45, 7) is 7.44. The number of carbonyl (C=O) groups is 1. The molecule has 0 bridgehead atoms. The SMILES string of the molecule is CCN(CC)c1cc(C)n(C)c(=O)c1C=O. The molecule has 0 saturated carbocycles. The minimum Gasteiger partial charge on any atom is -0.371 e. The van der Waals surface area contributed by atoms with Crippen LogP contribution in [-0.2, 0) is 7.05 Å². The summed E-state index contributed by atoms with van der Waals surface area (Å²) < 4.78 is 1.50. The lowest BCUT2D eigenvalue weighted by molar-refractivity contribution is 0.112. The van der Waals surface area contributed by atoms with Gasteiger partial charge in [0.2, 0.25) is 0 Å². The fourth-order valence-electron chi connectivity index (χ4n) is 1.76. The van der Waals surface area contributed by atoms with E-state index in [9.17, 15) is 9.59 Å². The standard InChI is InChI=1S/C12H18N2O2/c1-5-14(6-2)11-7-9(3)13(4)12(16)10(11)8-15/h7-8H,5-6H2,1-4H3. The van der Waals surface area contributed by atoms with Crippen molar-refractivity contribution >= 4 is 12.0 Å².